The zero-order chi connectivity index (χ0) is 20.7. The normalized spacial score (nSPS) is 22.3. The van der Waals surface area contributed by atoms with E-state index in [-0.39, 0.29) is 24.6 Å². The Kier molecular flexibility index (Phi) is 4.71. The highest BCUT2D eigenvalue weighted by molar-refractivity contribution is 5.97. The largest absolute Gasteiger partial charge is 0.508 e. The monoisotopic (exact) mass is 399 g/mol. The van der Waals surface area contributed by atoms with Gasteiger partial charge in [0.2, 0.25) is 0 Å². The summed E-state index contributed by atoms with van der Waals surface area (Å²) in [5.41, 5.74) is 5.47. The summed E-state index contributed by atoms with van der Waals surface area (Å²) in [6.07, 6.45) is 0.275. The smallest absolute Gasteiger partial charge is 0.311 e. The van der Waals surface area contributed by atoms with Gasteiger partial charge in [-0.05, 0) is 52.9 Å². The van der Waals surface area contributed by atoms with Gasteiger partial charge in [0.15, 0.2) is 0 Å². The Morgan fingerprint density at radius 1 is 1.10 bits per heavy atom. The van der Waals surface area contributed by atoms with E-state index >= 15 is 0 Å². The van der Waals surface area contributed by atoms with Gasteiger partial charge < -0.3 is 15.3 Å². The molecule has 0 aromatic heterocycles. The molecule has 3 unspecified atom stereocenters. The SMILES string of the molecule is O=C(O)C1C2=C(NOCc3ccc(F)cc3)CC(c3ccc(O)cc32)C1C(=O)O. The molecule has 2 bridgehead atoms. The maximum absolute atomic E-state index is 13.0. The van der Waals surface area contributed by atoms with Crippen LogP contribution in [0.2, 0.25) is 0 Å². The molecule has 0 amide bonds. The second-order valence-electron chi connectivity index (χ2n) is 7.17. The van der Waals surface area contributed by atoms with Crippen LogP contribution in [0.5, 0.6) is 5.75 Å². The first-order valence-electron chi connectivity index (χ1n) is 9.01. The third-order valence-corrected chi connectivity index (χ3v) is 5.48. The number of rotatable bonds is 6. The molecular formula is C21H18FNO6. The van der Waals surface area contributed by atoms with E-state index in [9.17, 15) is 29.3 Å². The molecule has 0 heterocycles. The topological polar surface area (TPSA) is 116 Å². The third kappa shape index (κ3) is 3.31. The van der Waals surface area contributed by atoms with Crippen molar-refractivity contribution < 1.29 is 34.1 Å². The van der Waals surface area contributed by atoms with E-state index in [0.29, 0.717) is 28.0 Å². The van der Waals surface area contributed by atoms with Crippen LogP contribution in [-0.4, -0.2) is 27.3 Å². The number of benzene rings is 2. The third-order valence-electron chi connectivity index (χ3n) is 5.48. The van der Waals surface area contributed by atoms with Gasteiger partial charge in [0.05, 0.1) is 18.4 Å². The second-order valence-corrected chi connectivity index (χ2v) is 7.17. The maximum Gasteiger partial charge on any atom is 0.311 e. The van der Waals surface area contributed by atoms with Gasteiger partial charge >= 0.3 is 11.9 Å². The summed E-state index contributed by atoms with van der Waals surface area (Å²) in [5, 5.41) is 29.3. The average molecular weight is 399 g/mol. The van der Waals surface area contributed by atoms with Crippen LogP contribution in [0.15, 0.2) is 48.2 Å². The zero-order valence-corrected chi connectivity index (χ0v) is 15.1. The number of fused-ring (bicyclic) bond motifs is 2. The molecule has 29 heavy (non-hydrogen) atoms. The lowest BCUT2D eigenvalue weighted by Crippen LogP contribution is -2.44. The molecule has 4 N–H and O–H groups in total. The van der Waals surface area contributed by atoms with Crippen molar-refractivity contribution >= 4 is 17.5 Å². The molecular weight excluding hydrogens is 381 g/mol. The molecule has 8 heteroatoms. The number of phenols is 1. The van der Waals surface area contributed by atoms with Crippen molar-refractivity contribution in [2.24, 2.45) is 11.8 Å². The minimum absolute atomic E-state index is 0.0357. The van der Waals surface area contributed by atoms with Crippen LogP contribution in [0, 0.1) is 17.7 Å². The summed E-state index contributed by atoms with van der Waals surface area (Å²) in [5.74, 6) is -5.77. The van der Waals surface area contributed by atoms with Gasteiger partial charge in [-0.1, -0.05) is 18.2 Å². The highest BCUT2D eigenvalue weighted by atomic mass is 19.1. The molecule has 0 aliphatic heterocycles. The minimum Gasteiger partial charge on any atom is -0.508 e. The Labute approximate surface area is 165 Å². The fraction of sp³-hybridized carbons (Fsp3) is 0.238. The van der Waals surface area contributed by atoms with E-state index in [4.69, 9.17) is 4.84 Å². The van der Waals surface area contributed by atoms with Crippen LogP contribution in [0.25, 0.3) is 5.57 Å². The number of aliphatic carboxylic acids is 2. The van der Waals surface area contributed by atoms with E-state index in [1.807, 2.05) is 0 Å². The standard InChI is InChI=1S/C21H18FNO6/c22-11-3-1-10(2-4-11)9-29-23-16-8-15-13-6-5-12(24)7-14(13)17(16)19(21(27)28)18(15)20(25)26/h1-7,15,18-19,23-24H,8-9H2,(H,25,26)(H,27,28). The molecule has 2 aromatic carbocycles. The molecule has 2 aromatic rings. The number of phenolic OH excluding ortho intramolecular Hbond substituents is 1. The Hall–Kier alpha value is -3.39. The molecule has 7 nitrogen and oxygen atoms in total. The highest BCUT2D eigenvalue weighted by Gasteiger charge is 2.52. The van der Waals surface area contributed by atoms with E-state index in [0.717, 1.165) is 0 Å². The predicted molar refractivity (Wildman–Crippen MR) is 99.0 cm³/mol. The lowest BCUT2D eigenvalue weighted by molar-refractivity contribution is -0.153. The van der Waals surface area contributed by atoms with E-state index in [1.165, 1.54) is 24.3 Å². The molecule has 0 saturated carbocycles. The first kappa shape index (κ1) is 18.9. The molecule has 0 saturated heterocycles. The van der Waals surface area contributed by atoms with Crippen LogP contribution >= 0.6 is 0 Å². The van der Waals surface area contributed by atoms with Gasteiger partial charge in [-0.25, -0.2) is 4.39 Å². The summed E-state index contributed by atoms with van der Waals surface area (Å²) in [6.45, 7) is 0.106. The Morgan fingerprint density at radius 2 is 1.83 bits per heavy atom. The molecule has 150 valence electrons. The summed E-state index contributed by atoms with van der Waals surface area (Å²) < 4.78 is 13.0. The molecule has 3 aliphatic carbocycles. The zero-order valence-electron chi connectivity index (χ0n) is 15.1. The number of hydroxylamine groups is 1. The van der Waals surface area contributed by atoms with Crippen molar-refractivity contribution in [3.8, 4) is 5.75 Å². The molecule has 3 aliphatic rings. The molecule has 0 spiro atoms. The van der Waals surface area contributed by atoms with Crippen LogP contribution in [0.4, 0.5) is 4.39 Å². The number of hydrogen-bond donors (Lipinski definition) is 4. The highest BCUT2D eigenvalue weighted by Crippen LogP contribution is 2.55. The van der Waals surface area contributed by atoms with Crippen LogP contribution in [0.1, 0.15) is 29.0 Å². The Morgan fingerprint density at radius 3 is 2.48 bits per heavy atom. The summed E-state index contributed by atoms with van der Waals surface area (Å²) in [4.78, 5) is 29.3. The number of aromatic hydroxyl groups is 1. The van der Waals surface area contributed by atoms with Crippen molar-refractivity contribution in [3.05, 3.63) is 70.7 Å². The second kappa shape index (κ2) is 7.21. The number of carbonyl (C=O) groups is 2. The van der Waals surface area contributed by atoms with Gasteiger partial charge in [-0.15, -0.1) is 0 Å². The van der Waals surface area contributed by atoms with Crippen molar-refractivity contribution in [2.45, 2.75) is 18.9 Å². The summed E-state index contributed by atoms with van der Waals surface area (Å²) in [7, 11) is 0. The van der Waals surface area contributed by atoms with Crippen molar-refractivity contribution in [3.63, 3.8) is 0 Å². The van der Waals surface area contributed by atoms with Gasteiger partial charge in [0.1, 0.15) is 11.6 Å². The number of hydrogen-bond acceptors (Lipinski definition) is 5. The van der Waals surface area contributed by atoms with Gasteiger partial charge in [0.25, 0.3) is 0 Å². The van der Waals surface area contributed by atoms with Gasteiger partial charge in [-0.2, -0.15) is 0 Å². The fourth-order valence-electron chi connectivity index (χ4n) is 4.27. The lowest BCUT2D eigenvalue weighted by atomic mass is 9.60. The van der Waals surface area contributed by atoms with Crippen molar-refractivity contribution in [1.29, 1.82) is 0 Å². The first-order chi connectivity index (χ1) is 13.9. The lowest BCUT2D eigenvalue weighted by Gasteiger charge is -2.43. The average Bonchev–Trinajstić information content (AvgIpc) is 2.68. The number of nitrogens with one attached hydrogen (secondary N) is 1. The number of halogens is 1. The summed E-state index contributed by atoms with van der Waals surface area (Å²) in [6, 6.07) is 10.3. The van der Waals surface area contributed by atoms with E-state index in [1.54, 1.807) is 18.2 Å². The van der Waals surface area contributed by atoms with E-state index in [2.05, 4.69) is 5.48 Å². The van der Waals surface area contributed by atoms with Crippen LogP contribution in [-0.2, 0) is 21.0 Å². The number of carboxylic acid groups (broad SMARTS) is 2. The van der Waals surface area contributed by atoms with Gasteiger partial charge in [0, 0.05) is 11.6 Å². The Bertz CT molecular complexity index is 1020. The van der Waals surface area contributed by atoms with Gasteiger partial charge in [-0.3, -0.25) is 19.9 Å². The quantitative estimate of drug-likeness (QED) is 0.552. The molecule has 5 rings (SSSR count). The fourth-order valence-corrected chi connectivity index (χ4v) is 4.27. The number of allylic oxidation sites excluding steroid dienone is 1. The molecule has 0 radical (unpaired) electrons. The van der Waals surface area contributed by atoms with E-state index < -0.39 is 29.7 Å². The number of carboxylic acids is 2. The van der Waals surface area contributed by atoms with Crippen molar-refractivity contribution in [2.75, 3.05) is 0 Å². The van der Waals surface area contributed by atoms with Crippen molar-refractivity contribution in [1.82, 2.24) is 5.48 Å². The molecule has 0 fully saturated rings. The minimum atomic E-state index is -1.27. The van der Waals surface area contributed by atoms with Crippen LogP contribution < -0.4 is 5.48 Å². The summed E-state index contributed by atoms with van der Waals surface area (Å²) >= 11 is 0. The Balaban J connectivity index is 1.69. The van der Waals surface area contributed by atoms with Crippen LogP contribution in [0.3, 0.4) is 0 Å². The first-order valence-corrected chi connectivity index (χ1v) is 9.01. The molecule has 3 atom stereocenters. The maximum atomic E-state index is 13.0. The predicted octanol–water partition coefficient (Wildman–Crippen LogP) is 2.87.